The van der Waals surface area contributed by atoms with Crippen LogP contribution in [0.3, 0.4) is 0 Å². The summed E-state index contributed by atoms with van der Waals surface area (Å²) in [5.74, 6) is -0.347. The quantitative estimate of drug-likeness (QED) is 0.739. The van der Waals surface area contributed by atoms with Crippen LogP contribution in [0.15, 0.2) is 15.9 Å². The number of rotatable bonds is 5. The molecule has 4 nitrogen and oxygen atoms in total. The number of carbonyl (C=O) groups excluding carboxylic acids is 1. The van der Waals surface area contributed by atoms with E-state index < -0.39 is 0 Å². The molecule has 20 heavy (non-hydrogen) atoms. The van der Waals surface area contributed by atoms with Gasteiger partial charge in [-0.3, -0.25) is 0 Å². The number of anilines is 1. The van der Waals surface area contributed by atoms with E-state index in [1.165, 1.54) is 16.2 Å². The van der Waals surface area contributed by atoms with Gasteiger partial charge in [0.1, 0.15) is 0 Å². The highest BCUT2D eigenvalue weighted by atomic mass is 79.9. The Morgan fingerprint density at radius 3 is 2.90 bits per heavy atom. The Kier molecular flexibility index (Phi) is 5.17. The number of hydrogen-bond donors (Lipinski definition) is 0. The Hall–Kier alpha value is -0.920. The van der Waals surface area contributed by atoms with Gasteiger partial charge in [-0.15, -0.1) is 22.7 Å². The van der Waals surface area contributed by atoms with Crippen LogP contribution in [0.4, 0.5) is 5.13 Å². The number of hydrogen-bond acceptors (Lipinski definition) is 6. The van der Waals surface area contributed by atoms with Crippen molar-refractivity contribution in [3.8, 4) is 0 Å². The topological polar surface area (TPSA) is 42.4 Å². The third-order valence-electron chi connectivity index (χ3n) is 2.60. The van der Waals surface area contributed by atoms with Crippen molar-refractivity contribution in [3.63, 3.8) is 0 Å². The molecule has 7 heteroatoms. The first kappa shape index (κ1) is 15.5. The van der Waals surface area contributed by atoms with Crippen LogP contribution < -0.4 is 4.90 Å². The van der Waals surface area contributed by atoms with Gasteiger partial charge in [-0.2, -0.15) is 0 Å². The maximum Gasteiger partial charge on any atom is 0.358 e. The van der Waals surface area contributed by atoms with Crippen molar-refractivity contribution < 1.29 is 9.53 Å². The van der Waals surface area contributed by atoms with E-state index in [2.05, 4.69) is 32.4 Å². The average Bonchev–Trinajstić information content (AvgIpc) is 2.96. The number of aromatic nitrogens is 1. The Morgan fingerprint density at radius 1 is 1.55 bits per heavy atom. The normalized spacial score (nSPS) is 10.6. The molecule has 108 valence electrons. The van der Waals surface area contributed by atoms with Crippen LogP contribution in [0.25, 0.3) is 0 Å². The van der Waals surface area contributed by atoms with Crippen molar-refractivity contribution in [2.45, 2.75) is 20.4 Å². The van der Waals surface area contributed by atoms with E-state index >= 15 is 0 Å². The van der Waals surface area contributed by atoms with Crippen molar-refractivity contribution in [2.75, 3.05) is 18.6 Å². The van der Waals surface area contributed by atoms with Crippen molar-refractivity contribution in [1.29, 1.82) is 0 Å². The van der Waals surface area contributed by atoms with E-state index in [0.717, 1.165) is 21.0 Å². The fourth-order valence-electron chi connectivity index (χ4n) is 1.67. The lowest BCUT2D eigenvalue weighted by molar-refractivity contribution is 0.0519. The second-order valence-corrected chi connectivity index (χ2v) is 7.30. The van der Waals surface area contributed by atoms with E-state index in [1.54, 1.807) is 18.3 Å². The molecule has 0 aliphatic heterocycles. The number of thiophene rings is 1. The van der Waals surface area contributed by atoms with Gasteiger partial charge in [0.2, 0.25) is 0 Å². The van der Waals surface area contributed by atoms with E-state index in [9.17, 15) is 4.79 Å². The molecule has 0 saturated heterocycles. The highest BCUT2D eigenvalue weighted by molar-refractivity contribution is 9.10. The number of halogens is 1. The Labute approximate surface area is 134 Å². The average molecular weight is 375 g/mol. The lowest BCUT2D eigenvalue weighted by atomic mass is 10.4. The second kappa shape index (κ2) is 6.69. The molecule has 0 aliphatic rings. The molecule has 0 unspecified atom stereocenters. The van der Waals surface area contributed by atoms with Crippen LogP contribution >= 0.6 is 38.6 Å². The molecule has 0 radical (unpaired) electrons. The van der Waals surface area contributed by atoms with Crippen molar-refractivity contribution in [2.24, 2.45) is 0 Å². The first-order valence-corrected chi connectivity index (χ1v) is 8.58. The third kappa shape index (κ3) is 3.59. The van der Waals surface area contributed by atoms with Crippen LogP contribution in [-0.4, -0.2) is 24.6 Å². The van der Waals surface area contributed by atoms with Gasteiger partial charge in [0.25, 0.3) is 0 Å². The molecule has 2 aromatic rings. The molecule has 0 spiro atoms. The zero-order valence-corrected chi connectivity index (χ0v) is 14.7. The zero-order valence-electron chi connectivity index (χ0n) is 11.5. The number of esters is 1. The standard InChI is InChI=1S/C13H15BrN2O2S2/c1-4-18-12(17)11-8(2)20-13(15-11)16(3)6-10-5-9(14)7-19-10/h5,7H,4,6H2,1-3H3. The Balaban J connectivity index is 2.12. The number of thiazole rings is 1. The molecule has 0 fully saturated rings. The first-order chi connectivity index (χ1) is 9.51. The third-order valence-corrected chi connectivity index (χ3v) is 5.36. The second-order valence-electron chi connectivity index (χ2n) is 4.21. The smallest absolute Gasteiger partial charge is 0.358 e. The summed E-state index contributed by atoms with van der Waals surface area (Å²) in [6, 6.07) is 2.09. The highest BCUT2D eigenvalue weighted by Crippen LogP contribution is 2.28. The number of nitrogens with zero attached hydrogens (tertiary/aromatic N) is 2. The molecule has 2 aromatic heterocycles. The molecule has 0 bridgehead atoms. The van der Waals surface area contributed by atoms with Gasteiger partial charge < -0.3 is 9.64 Å². The molecular formula is C13H15BrN2O2S2. The molecule has 0 aliphatic carbocycles. The number of carbonyl (C=O) groups is 1. The fraction of sp³-hybridized carbons (Fsp3) is 0.385. The van der Waals surface area contributed by atoms with Crippen molar-refractivity contribution in [3.05, 3.63) is 31.4 Å². The van der Waals surface area contributed by atoms with Crippen LogP contribution in [0, 0.1) is 6.92 Å². The van der Waals surface area contributed by atoms with E-state index in [-0.39, 0.29) is 5.97 Å². The fourth-order valence-corrected chi connectivity index (χ4v) is 4.03. The lowest BCUT2D eigenvalue weighted by Gasteiger charge is -2.13. The summed E-state index contributed by atoms with van der Waals surface area (Å²) in [7, 11) is 1.97. The molecule has 2 rings (SSSR count). The maximum absolute atomic E-state index is 11.8. The Morgan fingerprint density at radius 2 is 2.30 bits per heavy atom. The molecule has 0 amide bonds. The lowest BCUT2D eigenvalue weighted by Crippen LogP contribution is -2.15. The maximum atomic E-state index is 11.8. The minimum absolute atomic E-state index is 0.347. The van der Waals surface area contributed by atoms with Crippen molar-refractivity contribution >= 4 is 49.7 Å². The summed E-state index contributed by atoms with van der Waals surface area (Å²) in [6.07, 6.45) is 0. The highest BCUT2D eigenvalue weighted by Gasteiger charge is 2.18. The van der Waals surface area contributed by atoms with Gasteiger partial charge in [-0.05, 0) is 35.8 Å². The SMILES string of the molecule is CCOC(=O)c1nc(N(C)Cc2cc(Br)cs2)sc1C. The summed E-state index contributed by atoms with van der Waals surface area (Å²) in [4.78, 5) is 20.3. The minimum atomic E-state index is -0.347. The largest absolute Gasteiger partial charge is 0.461 e. The molecule has 2 heterocycles. The summed E-state index contributed by atoms with van der Waals surface area (Å²) in [5, 5.41) is 2.88. The van der Waals surface area contributed by atoms with Gasteiger partial charge in [0.15, 0.2) is 10.8 Å². The van der Waals surface area contributed by atoms with Crippen LogP contribution in [0.2, 0.25) is 0 Å². The number of aryl methyl sites for hydroxylation is 1. The molecule has 0 aromatic carbocycles. The monoisotopic (exact) mass is 374 g/mol. The first-order valence-electron chi connectivity index (χ1n) is 6.09. The summed E-state index contributed by atoms with van der Waals surface area (Å²) in [5.41, 5.74) is 0.422. The molecular weight excluding hydrogens is 360 g/mol. The van der Waals surface area contributed by atoms with Gasteiger partial charge in [-0.1, -0.05) is 0 Å². The zero-order chi connectivity index (χ0) is 14.7. The molecule has 0 saturated carbocycles. The number of ether oxygens (including phenoxy) is 1. The van der Waals surface area contributed by atoms with E-state index in [0.29, 0.717) is 12.3 Å². The van der Waals surface area contributed by atoms with Crippen LogP contribution in [0.1, 0.15) is 27.2 Å². The van der Waals surface area contributed by atoms with Gasteiger partial charge in [0, 0.05) is 26.7 Å². The van der Waals surface area contributed by atoms with E-state index in [1.807, 2.05) is 18.9 Å². The predicted molar refractivity (Wildman–Crippen MR) is 86.9 cm³/mol. The molecule has 0 atom stereocenters. The van der Waals surface area contributed by atoms with Gasteiger partial charge >= 0.3 is 5.97 Å². The Bertz CT molecular complexity index is 609. The minimum Gasteiger partial charge on any atom is -0.461 e. The van der Waals surface area contributed by atoms with Crippen molar-refractivity contribution in [1.82, 2.24) is 4.98 Å². The predicted octanol–water partition coefficient (Wildman–Crippen LogP) is 4.09. The summed E-state index contributed by atoms with van der Waals surface area (Å²) >= 11 is 6.65. The van der Waals surface area contributed by atoms with Crippen LogP contribution in [0.5, 0.6) is 0 Å². The van der Waals surface area contributed by atoms with E-state index in [4.69, 9.17) is 4.74 Å². The van der Waals surface area contributed by atoms with Crippen LogP contribution in [-0.2, 0) is 11.3 Å². The van der Waals surface area contributed by atoms with Gasteiger partial charge in [0.05, 0.1) is 13.2 Å². The summed E-state index contributed by atoms with van der Waals surface area (Å²) < 4.78 is 6.10. The molecule has 0 N–H and O–H groups in total. The van der Waals surface area contributed by atoms with Gasteiger partial charge in [-0.25, -0.2) is 9.78 Å². The summed E-state index contributed by atoms with van der Waals surface area (Å²) in [6.45, 7) is 4.82.